The van der Waals surface area contributed by atoms with Gasteiger partial charge in [-0.1, -0.05) is 30.3 Å². The fourth-order valence-electron chi connectivity index (χ4n) is 4.29. The molecule has 4 aromatic rings. The number of carbonyl (C=O) groups excluding carboxylic acids is 1. The zero-order valence-electron chi connectivity index (χ0n) is 24.2. The first-order valence-corrected chi connectivity index (χ1v) is 13.6. The summed E-state index contributed by atoms with van der Waals surface area (Å²) in [7, 11) is 0. The minimum atomic E-state index is -1.11. The molecule has 42 heavy (non-hydrogen) atoms. The molecule has 4 rings (SSSR count). The predicted molar refractivity (Wildman–Crippen MR) is 154 cm³/mol. The van der Waals surface area contributed by atoms with E-state index in [1.165, 1.54) is 16.8 Å². The van der Waals surface area contributed by atoms with Gasteiger partial charge in [0.1, 0.15) is 23.1 Å². The summed E-state index contributed by atoms with van der Waals surface area (Å²) in [6.07, 6.45) is 3.56. The number of benzene rings is 1. The van der Waals surface area contributed by atoms with E-state index in [9.17, 15) is 19.1 Å². The number of carbonyl (C=O) groups is 2. The molecule has 0 unspecified atom stereocenters. The lowest BCUT2D eigenvalue weighted by Gasteiger charge is -2.22. The number of hydrogen-bond donors (Lipinski definition) is 3. The smallest absolute Gasteiger partial charge is 0.407 e. The number of carboxylic acid groups (broad SMARTS) is 1. The van der Waals surface area contributed by atoms with E-state index in [0.717, 1.165) is 17.3 Å². The molecule has 3 N–H and O–H groups in total. The molecule has 0 aliphatic carbocycles. The number of rotatable bonds is 11. The second-order valence-corrected chi connectivity index (χ2v) is 10.9. The molecule has 12 heteroatoms. The second-order valence-electron chi connectivity index (χ2n) is 10.9. The third-order valence-electron chi connectivity index (χ3n) is 6.26. The molecule has 0 saturated carbocycles. The van der Waals surface area contributed by atoms with Crippen molar-refractivity contribution in [1.29, 1.82) is 0 Å². The van der Waals surface area contributed by atoms with Crippen molar-refractivity contribution in [2.24, 2.45) is 0 Å². The highest BCUT2D eigenvalue weighted by Crippen LogP contribution is 2.26. The molecule has 3 heterocycles. The second kappa shape index (κ2) is 12.9. The number of nitrogens with one attached hydrogen (secondary N) is 2. The summed E-state index contributed by atoms with van der Waals surface area (Å²) < 4.78 is 26.9. The number of carboxylic acids is 1. The Morgan fingerprint density at radius 2 is 1.88 bits per heavy atom. The normalized spacial score (nSPS) is 13.0. The Labute approximate surface area is 243 Å². The first-order valence-electron chi connectivity index (χ1n) is 13.6. The van der Waals surface area contributed by atoms with Crippen molar-refractivity contribution in [2.75, 3.05) is 13.1 Å². The van der Waals surface area contributed by atoms with Crippen LogP contribution >= 0.6 is 0 Å². The molecule has 2 atom stereocenters. The average molecular weight is 579 g/mol. The Bertz CT molecular complexity index is 1550. The molecular formula is C30H35FN6O5. The molecule has 0 saturated heterocycles. The number of pyridine rings is 1. The van der Waals surface area contributed by atoms with Gasteiger partial charge in [0.2, 0.25) is 5.88 Å². The van der Waals surface area contributed by atoms with Crippen LogP contribution < -0.4 is 15.4 Å². The molecule has 0 aliphatic rings. The maximum Gasteiger partial charge on any atom is 0.407 e. The standard InChI is InChI=1S/C30H35FN6O5/c1-18(14-34-29(40)42-30(3,4)5)41-27-22(13-21(31)15-33-27)19(2)32-12-11-25-24(20-9-7-6-8-10-20)17-37-26(36-25)23(16-35-37)28(38)39/h6-10,13,15-19,32H,11-12,14H2,1-5H3,(H,34,40)(H,38,39)/t18-,19+/m0/s1. The van der Waals surface area contributed by atoms with Gasteiger partial charge in [-0.3, -0.25) is 0 Å². The van der Waals surface area contributed by atoms with Crippen molar-refractivity contribution in [3.8, 4) is 17.0 Å². The third kappa shape index (κ3) is 7.78. The molecular weight excluding hydrogens is 543 g/mol. The molecule has 11 nitrogen and oxygen atoms in total. The van der Waals surface area contributed by atoms with Gasteiger partial charge < -0.3 is 25.2 Å². The molecule has 0 spiro atoms. The molecule has 1 amide bonds. The van der Waals surface area contributed by atoms with Crippen LogP contribution in [0.4, 0.5) is 9.18 Å². The molecule has 222 valence electrons. The van der Waals surface area contributed by atoms with E-state index in [1.807, 2.05) is 37.3 Å². The van der Waals surface area contributed by atoms with E-state index < -0.39 is 29.6 Å². The fraction of sp³-hybridized carbons (Fsp3) is 0.367. The van der Waals surface area contributed by atoms with Crippen LogP contribution in [-0.2, 0) is 11.2 Å². The highest BCUT2D eigenvalue weighted by atomic mass is 19.1. The van der Waals surface area contributed by atoms with Gasteiger partial charge in [0.25, 0.3) is 0 Å². The van der Waals surface area contributed by atoms with Crippen molar-refractivity contribution in [3.05, 3.63) is 77.6 Å². The number of aromatic carboxylic acids is 1. The van der Waals surface area contributed by atoms with Crippen LogP contribution in [0, 0.1) is 5.82 Å². The van der Waals surface area contributed by atoms with Gasteiger partial charge in [0, 0.05) is 36.3 Å². The number of ether oxygens (including phenoxy) is 2. The van der Waals surface area contributed by atoms with E-state index in [1.54, 1.807) is 33.9 Å². The van der Waals surface area contributed by atoms with E-state index in [0.29, 0.717) is 24.2 Å². The van der Waals surface area contributed by atoms with Gasteiger partial charge in [0.05, 0.1) is 24.6 Å². The molecule has 1 aromatic carbocycles. The van der Waals surface area contributed by atoms with Gasteiger partial charge in [0.15, 0.2) is 5.65 Å². The van der Waals surface area contributed by atoms with Crippen LogP contribution in [0.2, 0.25) is 0 Å². The summed E-state index contributed by atoms with van der Waals surface area (Å²) >= 11 is 0. The van der Waals surface area contributed by atoms with Gasteiger partial charge in [-0.25, -0.2) is 28.5 Å². The Morgan fingerprint density at radius 1 is 1.14 bits per heavy atom. The van der Waals surface area contributed by atoms with Crippen molar-refractivity contribution in [1.82, 2.24) is 30.2 Å². The van der Waals surface area contributed by atoms with Crippen LogP contribution in [0.5, 0.6) is 5.88 Å². The first kappa shape index (κ1) is 30.4. The lowest BCUT2D eigenvalue weighted by Crippen LogP contribution is -2.38. The number of nitrogens with zero attached hydrogens (tertiary/aromatic N) is 4. The Morgan fingerprint density at radius 3 is 2.57 bits per heavy atom. The van der Waals surface area contributed by atoms with Crippen molar-refractivity contribution in [2.45, 2.75) is 58.8 Å². The maximum absolute atomic E-state index is 14.2. The summed E-state index contributed by atoms with van der Waals surface area (Å²) in [5, 5.41) is 19.8. The van der Waals surface area contributed by atoms with Crippen LogP contribution in [0.15, 0.2) is 55.0 Å². The minimum absolute atomic E-state index is 0.0140. The SMILES string of the molecule is C[C@@H](CNC(=O)OC(C)(C)C)Oc1ncc(F)cc1[C@@H](C)NCCc1nc2c(C(=O)O)cnn2cc1-c1ccccc1. The molecule has 0 aliphatic heterocycles. The number of alkyl carbamates (subject to hydrolysis) is 1. The summed E-state index contributed by atoms with van der Waals surface area (Å²) in [4.78, 5) is 32.5. The summed E-state index contributed by atoms with van der Waals surface area (Å²) in [6.45, 7) is 9.55. The molecule has 0 radical (unpaired) electrons. The summed E-state index contributed by atoms with van der Waals surface area (Å²) in [5.41, 5.74) is 2.58. The van der Waals surface area contributed by atoms with Gasteiger partial charge in [-0.2, -0.15) is 5.10 Å². The Hall–Kier alpha value is -4.58. The van der Waals surface area contributed by atoms with Crippen molar-refractivity contribution < 1.29 is 28.6 Å². The Balaban J connectivity index is 1.47. The van der Waals surface area contributed by atoms with Crippen LogP contribution in [0.1, 0.15) is 62.3 Å². The largest absolute Gasteiger partial charge is 0.477 e. The maximum atomic E-state index is 14.2. The number of fused-ring (bicyclic) bond motifs is 1. The lowest BCUT2D eigenvalue weighted by atomic mass is 10.0. The molecule has 0 fully saturated rings. The minimum Gasteiger partial charge on any atom is -0.477 e. The third-order valence-corrected chi connectivity index (χ3v) is 6.26. The van der Waals surface area contributed by atoms with E-state index in [2.05, 4.69) is 25.7 Å². The van der Waals surface area contributed by atoms with Crippen LogP contribution in [0.25, 0.3) is 16.8 Å². The summed E-state index contributed by atoms with van der Waals surface area (Å²) in [5.74, 6) is -1.37. The fourth-order valence-corrected chi connectivity index (χ4v) is 4.29. The highest BCUT2D eigenvalue weighted by Gasteiger charge is 2.21. The van der Waals surface area contributed by atoms with E-state index in [-0.39, 0.29) is 29.7 Å². The number of aromatic nitrogens is 4. The Kier molecular flexibility index (Phi) is 9.36. The van der Waals surface area contributed by atoms with Gasteiger partial charge in [-0.05, 0) is 46.2 Å². The highest BCUT2D eigenvalue weighted by molar-refractivity contribution is 5.94. The van der Waals surface area contributed by atoms with Gasteiger partial charge in [-0.15, -0.1) is 0 Å². The van der Waals surface area contributed by atoms with Crippen molar-refractivity contribution in [3.63, 3.8) is 0 Å². The first-order chi connectivity index (χ1) is 19.9. The van der Waals surface area contributed by atoms with Crippen LogP contribution in [0.3, 0.4) is 0 Å². The number of halogens is 1. The quantitative estimate of drug-likeness (QED) is 0.229. The van der Waals surface area contributed by atoms with E-state index >= 15 is 0 Å². The number of hydrogen-bond acceptors (Lipinski definition) is 8. The zero-order chi connectivity index (χ0) is 30.4. The molecule has 3 aromatic heterocycles. The van der Waals surface area contributed by atoms with Crippen LogP contribution in [-0.4, -0.2) is 61.5 Å². The average Bonchev–Trinajstić information content (AvgIpc) is 3.35. The monoisotopic (exact) mass is 578 g/mol. The van der Waals surface area contributed by atoms with E-state index in [4.69, 9.17) is 9.47 Å². The van der Waals surface area contributed by atoms with Gasteiger partial charge >= 0.3 is 12.1 Å². The lowest BCUT2D eigenvalue weighted by molar-refractivity contribution is 0.0503. The number of amides is 1. The van der Waals surface area contributed by atoms with Crippen molar-refractivity contribution >= 4 is 17.7 Å². The zero-order valence-corrected chi connectivity index (χ0v) is 24.2. The predicted octanol–water partition coefficient (Wildman–Crippen LogP) is 4.81. The topological polar surface area (TPSA) is 140 Å². The molecule has 0 bridgehead atoms. The summed E-state index contributed by atoms with van der Waals surface area (Å²) in [6, 6.07) is 10.6.